The first-order chi connectivity index (χ1) is 13.2. The third-order valence-corrected chi connectivity index (χ3v) is 4.25. The van der Waals surface area contributed by atoms with Gasteiger partial charge in [0, 0.05) is 6.54 Å². The minimum Gasteiger partial charge on any atom is -0.491 e. The molecule has 2 rings (SSSR count). The summed E-state index contributed by atoms with van der Waals surface area (Å²) in [5.41, 5.74) is -0.412. The van der Waals surface area contributed by atoms with E-state index in [0.717, 1.165) is 12.8 Å². The zero-order valence-corrected chi connectivity index (χ0v) is 16.9. The van der Waals surface area contributed by atoms with Gasteiger partial charge in [0.1, 0.15) is 18.0 Å². The molecule has 0 aromatic heterocycles. The lowest BCUT2D eigenvalue weighted by Crippen LogP contribution is -2.42. The maximum absolute atomic E-state index is 12.4. The van der Waals surface area contributed by atoms with E-state index in [1.165, 1.54) is 26.4 Å². The molecule has 1 aromatic carbocycles. The van der Waals surface area contributed by atoms with Crippen LogP contribution in [0, 0.1) is 0 Å². The second-order valence-corrected chi connectivity index (χ2v) is 7.47. The Morgan fingerprint density at radius 3 is 2.32 bits per heavy atom. The summed E-state index contributed by atoms with van der Waals surface area (Å²) in [6, 6.07) is 4.33. The van der Waals surface area contributed by atoms with E-state index in [0.29, 0.717) is 12.3 Å². The second-order valence-electron chi connectivity index (χ2n) is 7.47. The van der Waals surface area contributed by atoms with Crippen LogP contribution in [0.4, 0.5) is 4.79 Å². The number of esters is 2. The Morgan fingerprint density at radius 1 is 1.07 bits per heavy atom. The maximum Gasteiger partial charge on any atom is 0.410 e. The molecule has 1 aliphatic rings. The number of rotatable bonds is 5. The third kappa shape index (κ3) is 5.37. The fourth-order valence-corrected chi connectivity index (χ4v) is 2.94. The first-order valence-electron chi connectivity index (χ1n) is 9.09. The van der Waals surface area contributed by atoms with Crippen LogP contribution in [0.2, 0.25) is 0 Å². The van der Waals surface area contributed by atoms with E-state index < -0.39 is 17.5 Å². The van der Waals surface area contributed by atoms with Crippen molar-refractivity contribution in [3.63, 3.8) is 0 Å². The first-order valence-corrected chi connectivity index (χ1v) is 9.09. The number of carbonyl (C=O) groups excluding carboxylic acids is 3. The Bertz CT molecular complexity index is 739. The summed E-state index contributed by atoms with van der Waals surface area (Å²) in [5, 5.41) is 0. The van der Waals surface area contributed by atoms with Gasteiger partial charge in [0.2, 0.25) is 0 Å². The molecule has 1 fully saturated rings. The number of likely N-dealkylation sites (tertiary alicyclic amines) is 1. The first kappa shape index (κ1) is 21.5. The largest absolute Gasteiger partial charge is 0.491 e. The molecule has 1 aromatic rings. The molecular weight excluding hydrogens is 366 g/mol. The molecule has 1 saturated heterocycles. The van der Waals surface area contributed by atoms with E-state index in [2.05, 4.69) is 4.74 Å². The summed E-state index contributed by atoms with van der Waals surface area (Å²) >= 11 is 0. The van der Waals surface area contributed by atoms with Crippen LogP contribution >= 0.6 is 0 Å². The summed E-state index contributed by atoms with van der Waals surface area (Å²) < 4.78 is 20.7. The van der Waals surface area contributed by atoms with Crippen LogP contribution in [-0.2, 0) is 14.2 Å². The SMILES string of the molecule is COC(=O)c1ccc(OCC2CCCN2C(=O)OC(C)(C)C)cc1C(=O)OC. The monoisotopic (exact) mass is 393 g/mol. The Balaban J connectivity index is 2.10. The van der Waals surface area contributed by atoms with Gasteiger partial charge in [0.25, 0.3) is 0 Å². The van der Waals surface area contributed by atoms with Crippen molar-refractivity contribution < 1.29 is 33.3 Å². The summed E-state index contributed by atoms with van der Waals surface area (Å²) in [5.74, 6) is -0.912. The highest BCUT2D eigenvalue weighted by Crippen LogP contribution is 2.24. The van der Waals surface area contributed by atoms with E-state index in [-0.39, 0.29) is 29.9 Å². The topological polar surface area (TPSA) is 91.4 Å². The standard InChI is InChI=1S/C20H27NO7/c1-20(2,3)28-19(24)21-10-6-7-13(21)12-27-14-8-9-15(17(22)25-4)16(11-14)18(23)26-5/h8-9,11,13H,6-7,10,12H2,1-5H3. The average Bonchev–Trinajstić information content (AvgIpc) is 3.12. The van der Waals surface area contributed by atoms with Crippen LogP contribution in [0.15, 0.2) is 18.2 Å². The average molecular weight is 393 g/mol. The van der Waals surface area contributed by atoms with Crippen LogP contribution in [0.5, 0.6) is 5.75 Å². The number of benzene rings is 1. The van der Waals surface area contributed by atoms with E-state index in [1.807, 2.05) is 20.8 Å². The van der Waals surface area contributed by atoms with E-state index in [9.17, 15) is 14.4 Å². The third-order valence-electron chi connectivity index (χ3n) is 4.25. The van der Waals surface area contributed by atoms with Gasteiger partial charge >= 0.3 is 18.0 Å². The number of hydrogen-bond acceptors (Lipinski definition) is 7. The van der Waals surface area contributed by atoms with Crippen molar-refractivity contribution in [3.8, 4) is 5.75 Å². The van der Waals surface area contributed by atoms with Gasteiger partial charge in [-0.2, -0.15) is 0 Å². The molecule has 1 amide bonds. The Hall–Kier alpha value is -2.77. The van der Waals surface area contributed by atoms with Crippen molar-refractivity contribution in [1.82, 2.24) is 4.90 Å². The van der Waals surface area contributed by atoms with Gasteiger partial charge in [-0.1, -0.05) is 0 Å². The van der Waals surface area contributed by atoms with Gasteiger partial charge in [0.05, 0.1) is 31.4 Å². The van der Waals surface area contributed by atoms with Crippen LogP contribution in [0.1, 0.15) is 54.3 Å². The van der Waals surface area contributed by atoms with Crippen molar-refractivity contribution in [1.29, 1.82) is 0 Å². The minimum absolute atomic E-state index is 0.0577. The maximum atomic E-state index is 12.4. The molecule has 8 nitrogen and oxygen atoms in total. The zero-order valence-electron chi connectivity index (χ0n) is 16.9. The molecule has 0 aliphatic carbocycles. The fourth-order valence-electron chi connectivity index (χ4n) is 2.94. The van der Waals surface area contributed by atoms with E-state index >= 15 is 0 Å². The highest BCUT2D eigenvalue weighted by atomic mass is 16.6. The molecule has 8 heteroatoms. The van der Waals surface area contributed by atoms with Crippen molar-refractivity contribution in [2.45, 2.75) is 45.3 Å². The normalized spacial score (nSPS) is 16.5. The molecule has 0 spiro atoms. The predicted octanol–water partition coefficient (Wildman–Crippen LogP) is 3.04. The van der Waals surface area contributed by atoms with Gasteiger partial charge in [-0.15, -0.1) is 0 Å². The molecule has 1 unspecified atom stereocenters. The summed E-state index contributed by atoms with van der Waals surface area (Å²) in [4.78, 5) is 37.8. The Labute approximate surface area is 164 Å². The molecule has 1 heterocycles. The van der Waals surface area contributed by atoms with E-state index in [1.54, 1.807) is 11.0 Å². The Morgan fingerprint density at radius 2 is 1.71 bits per heavy atom. The summed E-state index contributed by atoms with van der Waals surface area (Å²) in [7, 11) is 2.47. The molecule has 1 aliphatic heterocycles. The number of carbonyl (C=O) groups is 3. The number of ether oxygens (including phenoxy) is 4. The van der Waals surface area contributed by atoms with Crippen molar-refractivity contribution >= 4 is 18.0 Å². The second kappa shape index (κ2) is 8.95. The van der Waals surface area contributed by atoms with Gasteiger partial charge < -0.3 is 23.8 Å². The quantitative estimate of drug-likeness (QED) is 0.561. The number of nitrogens with zero attached hydrogens (tertiary/aromatic N) is 1. The molecule has 1 atom stereocenters. The lowest BCUT2D eigenvalue weighted by Gasteiger charge is -2.28. The lowest BCUT2D eigenvalue weighted by atomic mass is 10.1. The van der Waals surface area contributed by atoms with Crippen LogP contribution in [0.3, 0.4) is 0 Å². The smallest absolute Gasteiger partial charge is 0.410 e. The predicted molar refractivity (Wildman–Crippen MR) is 101 cm³/mol. The molecule has 28 heavy (non-hydrogen) atoms. The van der Waals surface area contributed by atoms with Gasteiger partial charge in [-0.3, -0.25) is 0 Å². The van der Waals surface area contributed by atoms with Gasteiger partial charge in [-0.05, 0) is 51.8 Å². The molecule has 0 saturated carbocycles. The van der Waals surface area contributed by atoms with Crippen LogP contribution < -0.4 is 4.74 Å². The van der Waals surface area contributed by atoms with Gasteiger partial charge in [0.15, 0.2) is 0 Å². The Kier molecular flexibility index (Phi) is 6.88. The van der Waals surface area contributed by atoms with Gasteiger partial charge in [-0.25, -0.2) is 14.4 Å². The van der Waals surface area contributed by atoms with Crippen molar-refractivity contribution in [2.24, 2.45) is 0 Å². The fraction of sp³-hybridized carbons (Fsp3) is 0.550. The summed E-state index contributed by atoms with van der Waals surface area (Å²) in [6.45, 7) is 6.33. The van der Waals surface area contributed by atoms with E-state index in [4.69, 9.17) is 14.2 Å². The minimum atomic E-state index is -0.665. The summed E-state index contributed by atoms with van der Waals surface area (Å²) in [6.07, 6.45) is 1.29. The number of hydrogen-bond donors (Lipinski definition) is 0. The number of amides is 1. The highest BCUT2D eigenvalue weighted by molar-refractivity contribution is 6.03. The molecular formula is C20H27NO7. The molecule has 154 valence electrons. The molecule has 0 N–H and O–H groups in total. The van der Waals surface area contributed by atoms with Crippen LogP contribution in [-0.4, -0.2) is 61.9 Å². The lowest BCUT2D eigenvalue weighted by molar-refractivity contribution is 0.0187. The van der Waals surface area contributed by atoms with Crippen molar-refractivity contribution in [2.75, 3.05) is 27.4 Å². The van der Waals surface area contributed by atoms with Crippen molar-refractivity contribution in [3.05, 3.63) is 29.3 Å². The van der Waals surface area contributed by atoms with Crippen LogP contribution in [0.25, 0.3) is 0 Å². The zero-order chi connectivity index (χ0) is 20.9. The highest BCUT2D eigenvalue weighted by Gasteiger charge is 2.32. The number of methoxy groups -OCH3 is 2. The molecule has 0 radical (unpaired) electrons. The molecule has 0 bridgehead atoms.